The number of rotatable bonds is 8. The molecule has 1 atom stereocenters. The van der Waals surface area contributed by atoms with Crippen molar-refractivity contribution < 1.29 is 24.0 Å². The van der Waals surface area contributed by atoms with Crippen LogP contribution in [0.4, 0.5) is 5.69 Å². The van der Waals surface area contributed by atoms with Crippen LogP contribution in [0.15, 0.2) is 97.1 Å². The Hall–Kier alpha value is -4.20. The molecular weight excluding hydrogens is 505 g/mol. The van der Waals surface area contributed by atoms with Crippen LogP contribution in [0, 0.1) is 10.1 Å². The number of nitro groups is 1. The second-order valence-corrected chi connectivity index (χ2v) is 8.38. The lowest BCUT2D eigenvalue weighted by atomic mass is 9.99. The molecule has 9 heteroatoms. The van der Waals surface area contributed by atoms with Crippen molar-refractivity contribution in [1.29, 1.82) is 0 Å². The Morgan fingerprint density at radius 1 is 0.778 bits per heavy atom. The minimum atomic E-state index is -1.20. The van der Waals surface area contributed by atoms with Crippen LogP contribution in [0.25, 0.3) is 0 Å². The number of Topliss-reactive ketones (excluding diaryl/α,β-unsaturated/α-hetero) is 1. The summed E-state index contributed by atoms with van der Waals surface area (Å²) in [5, 5.41) is 11.8. The van der Waals surface area contributed by atoms with Crippen LogP contribution in [-0.2, 0) is 4.74 Å². The van der Waals surface area contributed by atoms with Crippen molar-refractivity contribution in [2.75, 3.05) is 0 Å². The SMILES string of the molecule is O=C(O[C@H](C(=O)c1ccccc1)c1ccc(Cl)cc1)c1ccc(Oc2c(Cl)cccc2[N+](=O)[O-])cc1. The molecule has 0 aromatic heterocycles. The third-order valence-electron chi connectivity index (χ3n) is 5.15. The van der Waals surface area contributed by atoms with Gasteiger partial charge in [0.2, 0.25) is 11.5 Å². The first kappa shape index (κ1) is 24.9. The van der Waals surface area contributed by atoms with E-state index in [4.69, 9.17) is 32.7 Å². The van der Waals surface area contributed by atoms with E-state index in [-0.39, 0.29) is 27.8 Å². The molecule has 0 unspecified atom stereocenters. The number of ketones is 1. The number of para-hydroxylation sites is 1. The largest absolute Gasteiger partial charge is 0.449 e. The number of esters is 1. The van der Waals surface area contributed by atoms with Crippen LogP contribution < -0.4 is 4.74 Å². The van der Waals surface area contributed by atoms with Crippen molar-refractivity contribution >= 4 is 40.6 Å². The smallest absolute Gasteiger partial charge is 0.339 e. The van der Waals surface area contributed by atoms with Gasteiger partial charge in [-0.05, 0) is 42.5 Å². The molecule has 0 saturated heterocycles. The molecule has 0 heterocycles. The van der Waals surface area contributed by atoms with Gasteiger partial charge in [0.15, 0.2) is 6.10 Å². The molecule has 36 heavy (non-hydrogen) atoms. The third-order valence-corrected chi connectivity index (χ3v) is 5.70. The fourth-order valence-electron chi connectivity index (χ4n) is 3.36. The van der Waals surface area contributed by atoms with Crippen molar-refractivity contribution in [3.63, 3.8) is 0 Å². The minimum absolute atomic E-state index is 0.0675. The number of carbonyl (C=O) groups is 2. The molecule has 4 rings (SSSR count). The molecule has 0 bridgehead atoms. The number of ether oxygens (including phenoxy) is 2. The van der Waals surface area contributed by atoms with Crippen molar-refractivity contribution in [1.82, 2.24) is 0 Å². The van der Waals surface area contributed by atoms with Crippen LogP contribution in [0.2, 0.25) is 10.0 Å². The Kier molecular flexibility index (Phi) is 7.63. The fourth-order valence-corrected chi connectivity index (χ4v) is 3.69. The Labute approximate surface area is 216 Å². The first-order chi connectivity index (χ1) is 17.3. The molecule has 7 nitrogen and oxygen atoms in total. The van der Waals surface area contributed by atoms with Gasteiger partial charge in [-0.2, -0.15) is 0 Å². The van der Waals surface area contributed by atoms with E-state index in [0.717, 1.165) is 0 Å². The maximum absolute atomic E-state index is 13.2. The van der Waals surface area contributed by atoms with Gasteiger partial charge in [-0.3, -0.25) is 14.9 Å². The second kappa shape index (κ2) is 11.0. The molecule has 0 radical (unpaired) electrons. The lowest BCUT2D eigenvalue weighted by molar-refractivity contribution is -0.385. The summed E-state index contributed by atoms with van der Waals surface area (Å²) in [6.45, 7) is 0. The quantitative estimate of drug-likeness (QED) is 0.103. The summed E-state index contributed by atoms with van der Waals surface area (Å²) in [6.07, 6.45) is -1.20. The number of carbonyl (C=O) groups excluding carboxylic acids is 2. The summed E-state index contributed by atoms with van der Waals surface area (Å²) in [5.41, 5.74) is 0.704. The zero-order valence-corrected chi connectivity index (χ0v) is 20.0. The summed E-state index contributed by atoms with van der Waals surface area (Å²) in [5.74, 6) is -1.03. The van der Waals surface area contributed by atoms with Crippen LogP contribution in [0.3, 0.4) is 0 Å². The van der Waals surface area contributed by atoms with Crippen molar-refractivity contribution in [3.05, 3.63) is 134 Å². The van der Waals surface area contributed by atoms with Gasteiger partial charge in [0.25, 0.3) is 0 Å². The molecule has 0 spiro atoms. The number of hydrogen-bond donors (Lipinski definition) is 0. The monoisotopic (exact) mass is 521 g/mol. The maximum Gasteiger partial charge on any atom is 0.339 e. The molecule has 0 N–H and O–H groups in total. The first-order valence-electron chi connectivity index (χ1n) is 10.6. The number of hydrogen-bond acceptors (Lipinski definition) is 6. The number of nitro benzene ring substituents is 1. The molecule has 0 aliphatic heterocycles. The van der Waals surface area contributed by atoms with Gasteiger partial charge in [0.1, 0.15) is 5.75 Å². The van der Waals surface area contributed by atoms with Gasteiger partial charge < -0.3 is 9.47 Å². The Morgan fingerprint density at radius 2 is 1.44 bits per heavy atom. The zero-order chi connectivity index (χ0) is 25.7. The van der Waals surface area contributed by atoms with Crippen molar-refractivity contribution in [2.45, 2.75) is 6.10 Å². The molecule has 180 valence electrons. The molecule has 0 aliphatic carbocycles. The van der Waals surface area contributed by atoms with Gasteiger partial charge in [0, 0.05) is 22.2 Å². The molecule has 0 saturated carbocycles. The summed E-state index contributed by atoms with van der Waals surface area (Å²) in [4.78, 5) is 36.8. The van der Waals surface area contributed by atoms with E-state index in [2.05, 4.69) is 0 Å². The Morgan fingerprint density at radius 3 is 2.08 bits per heavy atom. The first-order valence-corrected chi connectivity index (χ1v) is 11.4. The highest BCUT2D eigenvalue weighted by atomic mass is 35.5. The Bertz CT molecular complexity index is 1410. The summed E-state index contributed by atoms with van der Waals surface area (Å²) < 4.78 is 11.2. The lowest BCUT2D eigenvalue weighted by Crippen LogP contribution is -2.20. The second-order valence-electron chi connectivity index (χ2n) is 7.54. The normalized spacial score (nSPS) is 11.4. The Balaban J connectivity index is 1.56. The van der Waals surface area contributed by atoms with Gasteiger partial charge in [-0.1, -0.05) is 71.7 Å². The predicted molar refractivity (Wildman–Crippen MR) is 135 cm³/mol. The van der Waals surface area contributed by atoms with Gasteiger partial charge in [-0.15, -0.1) is 0 Å². The topological polar surface area (TPSA) is 95.7 Å². The number of benzene rings is 4. The van der Waals surface area contributed by atoms with Crippen LogP contribution in [-0.4, -0.2) is 16.7 Å². The van der Waals surface area contributed by atoms with Gasteiger partial charge in [-0.25, -0.2) is 4.79 Å². The number of nitrogens with zero attached hydrogens (tertiary/aromatic N) is 1. The molecule has 0 amide bonds. The predicted octanol–water partition coefficient (Wildman–Crippen LogP) is 7.47. The third kappa shape index (κ3) is 5.71. The molecule has 4 aromatic rings. The molecule has 0 fully saturated rings. The highest BCUT2D eigenvalue weighted by Gasteiger charge is 2.27. The summed E-state index contributed by atoms with van der Waals surface area (Å²) in [7, 11) is 0. The highest BCUT2D eigenvalue weighted by molar-refractivity contribution is 6.32. The average molecular weight is 522 g/mol. The van der Waals surface area contributed by atoms with Gasteiger partial charge in [0.05, 0.1) is 15.5 Å². The summed E-state index contributed by atoms with van der Waals surface area (Å²) >= 11 is 12.0. The maximum atomic E-state index is 13.2. The van der Waals surface area contributed by atoms with Crippen molar-refractivity contribution in [2.24, 2.45) is 0 Å². The van der Waals surface area contributed by atoms with E-state index >= 15 is 0 Å². The van der Waals surface area contributed by atoms with E-state index in [1.54, 1.807) is 54.6 Å². The van der Waals surface area contributed by atoms with E-state index in [9.17, 15) is 19.7 Å². The standard InChI is InChI=1S/C27H17Cl2NO6/c28-20-13-9-18(10-14-20)25(24(31)17-5-2-1-3-6-17)36-27(32)19-11-15-21(16-12-19)35-26-22(29)7-4-8-23(26)30(33)34/h1-16,25H/t25-/m0/s1. The van der Waals surface area contributed by atoms with Crippen LogP contribution >= 0.6 is 23.2 Å². The minimum Gasteiger partial charge on any atom is -0.449 e. The van der Waals surface area contributed by atoms with Gasteiger partial charge >= 0.3 is 11.7 Å². The van der Waals surface area contributed by atoms with E-state index < -0.39 is 22.8 Å². The van der Waals surface area contributed by atoms with Crippen LogP contribution in [0.5, 0.6) is 11.5 Å². The van der Waals surface area contributed by atoms with Crippen LogP contribution in [0.1, 0.15) is 32.4 Å². The summed E-state index contributed by atoms with van der Waals surface area (Å²) in [6, 6.07) is 24.9. The average Bonchev–Trinajstić information content (AvgIpc) is 2.89. The number of halogens is 2. The van der Waals surface area contributed by atoms with Crippen molar-refractivity contribution in [3.8, 4) is 11.5 Å². The highest BCUT2D eigenvalue weighted by Crippen LogP contribution is 2.37. The van der Waals surface area contributed by atoms with E-state index in [1.807, 2.05) is 0 Å². The van der Waals surface area contributed by atoms with E-state index in [1.165, 1.54) is 42.5 Å². The zero-order valence-electron chi connectivity index (χ0n) is 18.5. The fraction of sp³-hybridized carbons (Fsp3) is 0.0370. The van der Waals surface area contributed by atoms with E-state index in [0.29, 0.717) is 16.1 Å². The molecular formula is C27H17Cl2NO6. The lowest BCUT2D eigenvalue weighted by Gasteiger charge is -2.18. The molecule has 0 aliphatic rings. The molecule has 4 aromatic carbocycles.